The van der Waals surface area contributed by atoms with E-state index in [9.17, 15) is 9.59 Å². The average Bonchev–Trinajstić information content (AvgIpc) is 3.58. The fraction of sp³-hybridized carbons (Fsp3) is 0.640. The molecular formula is C25H36N6O3. The van der Waals surface area contributed by atoms with Crippen LogP contribution in [0.15, 0.2) is 18.3 Å². The summed E-state index contributed by atoms with van der Waals surface area (Å²) >= 11 is 0. The van der Waals surface area contributed by atoms with Crippen LogP contribution in [0.25, 0.3) is 11.3 Å². The number of alkyl carbamates (subject to hydrolysis) is 1. The summed E-state index contributed by atoms with van der Waals surface area (Å²) in [5, 5.41) is 14.2. The number of pyridine rings is 1. The minimum absolute atomic E-state index is 0.0657. The normalized spacial score (nSPS) is 18.1. The van der Waals surface area contributed by atoms with Gasteiger partial charge >= 0.3 is 6.09 Å². The fourth-order valence-corrected chi connectivity index (χ4v) is 4.58. The van der Waals surface area contributed by atoms with Gasteiger partial charge in [-0.2, -0.15) is 0 Å². The summed E-state index contributed by atoms with van der Waals surface area (Å²) in [5.41, 5.74) is 2.11. The van der Waals surface area contributed by atoms with Crippen molar-refractivity contribution in [2.75, 3.05) is 5.32 Å². The average molecular weight is 469 g/mol. The Morgan fingerprint density at radius 3 is 2.38 bits per heavy atom. The van der Waals surface area contributed by atoms with Crippen LogP contribution in [0.4, 0.5) is 10.6 Å². The first-order chi connectivity index (χ1) is 16.2. The van der Waals surface area contributed by atoms with Gasteiger partial charge in [0.05, 0.1) is 17.4 Å². The number of hydrogen-bond acceptors (Lipinski definition) is 6. The predicted molar refractivity (Wildman–Crippen MR) is 129 cm³/mol. The minimum atomic E-state index is -0.669. The molecule has 184 valence electrons. The van der Waals surface area contributed by atoms with E-state index in [2.05, 4.69) is 25.9 Å². The van der Waals surface area contributed by atoms with E-state index in [4.69, 9.17) is 4.74 Å². The maximum Gasteiger partial charge on any atom is 0.408 e. The second-order valence-electron chi connectivity index (χ2n) is 10.5. The lowest BCUT2D eigenvalue weighted by Gasteiger charge is -2.28. The molecule has 2 aromatic heterocycles. The Labute approximate surface area is 201 Å². The number of ether oxygens (including phenoxy) is 1. The zero-order valence-corrected chi connectivity index (χ0v) is 20.6. The fourth-order valence-electron chi connectivity index (χ4n) is 4.58. The van der Waals surface area contributed by atoms with E-state index in [0.717, 1.165) is 68.3 Å². The number of rotatable bonds is 6. The van der Waals surface area contributed by atoms with Crippen LogP contribution in [-0.2, 0) is 9.53 Å². The van der Waals surface area contributed by atoms with Crippen LogP contribution in [0.5, 0.6) is 0 Å². The van der Waals surface area contributed by atoms with Gasteiger partial charge in [-0.05, 0) is 71.4 Å². The summed E-state index contributed by atoms with van der Waals surface area (Å²) < 4.78 is 7.40. The molecule has 2 aliphatic rings. The first kappa shape index (κ1) is 24.2. The maximum absolute atomic E-state index is 13.3. The summed E-state index contributed by atoms with van der Waals surface area (Å²) in [7, 11) is 0. The molecule has 0 aliphatic heterocycles. The first-order valence-electron chi connectivity index (χ1n) is 12.4. The Morgan fingerprint density at radius 2 is 1.79 bits per heavy atom. The molecule has 34 heavy (non-hydrogen) atoms. The Balaban J connectivity index is 1.48. The van der Waals surface area contributed by atoms with E-state index in [1.807, 2.05) is 38.4 Å². The Hall–Kier alpha value is -2.97. The summed E-state index contributed by atoms with van der Waals surface area (Å²) in [6.45, 7) is 7.37. The van der Waals surface area contributed by atoms with Gasteiger partial charge in [0.15, 0.2) is 0 Å². The molecule has 0 saturated heterocycles. The summed E-state index contributed by atoms with van der Waals surface area (Å²) in [5.74, 6) is 0.247. The Bertz CT molecular complexity index is 999. The molecule has 9 nitrogen and oxygen atoms in total. The lowest BCUT2D eigenvalue weighted by molar-refractivity contribution is -0.119. The van der Waals surface area contributed by atoms with Crippen molar-refractivity contribution in [3.05, 3.63) is 24.0 Å². The molecule has 0 radical (unpaired) electrons. The van der Waals surface area contributed by atoms with Crippen LogP contribution < -0.4 is 10.6 Å². The highest BCUT2D eigenvalue weighted by Crippen LogP contribution is 2.38. The van der Waals surface area contributed by atoms with Crippen molar-refractivity contribution >= 4 is 17.8 Å². The summed E-state index contributed by atoms with van der Waals surface area (Å²) in [4.78, 5) is 30.3. The number of hydrogen-bond donors (Lipinski definition) is 2. The van der Waals surface area contributed by atoms with Gasteiger partial charge < -0.3 is 15.4 Å². The molecule has 2 aliphatic carbocycles. The van der Waals surface area contributed by atoms with Gasteiger partial charge in [-0.1, -0.05) is 30.9 Å². The number of aryl methyl sites for hydroxylation is 1. The molecule has 2 aromatic rings. The molecular weight excluding hydrogens is 432 g/mol. The van der Waals surface area contributed by atoms with E-state index in [-0.39, 0.29) is 11.8 Å². The van der Waals surface area contributed by atoms with Gasteiger partial charge in [-0.15, -0.1) is 5.10 Å². The largest absolute Gasteiger partial charge is 0.444 e. The lowest BCUT2D eigenvalue weighted by atomic mass is 9.91. The Kier molecular flexibility index (Phi) is 7.19. The van der Waals surface area contributed by atoms with Crippen LogP contribution in [0.3, 0.4) is 0 Å². The van der Waals surface area contributed by atoms with Crippen molar-refractivity contribution in [3.63, 3.8) is 0 Å². The van der Waals surface area contributed by atoms with Crippen LogP contribution in [0.2, 0.25) is 0 Å². The highest BCUT2D eigenvalue weighted by Gasteiger charge is 2.32. The number of amides is 2. The standard InChI is InChI=1S/C25H36N6O3/c1-16-22(31(30-29-16)19-12-13-19)18-11-14-20(26-15-18)27-23(32)21(17-9-7-5-6-8-10-17)28-24(33)34-25(2,3)4/h11,14-15,17,19,21H,5-10,12-13H2,1-4H3,(H,28,33)(H,26,27,32)/t21-/m0/s1. The monoisotopic (exact) mass is 468 g/mol. The van der Waals surface area contributed by atoms with Crippen molar-refractivity contribution in [3.8, 4) is 11.3 Å². The molecule has 2 fully saturated rings. The zero-order chi connectivity index (χ0) is 24.3. The minimum Gasteiger partial charge on any atom is -0.444 e. The molecule has 0 unspecified atom stereocenters. The topological polar surface area (TPSA) is 111 Å². The number of nitrogens with zero attached hydrogens (tertiary/aromatic N) is 4. The SMILES string of the molecule is Cc1nnn(C2CC2)c1-c1ccc(NC(=O)[C@@H](NC(=O)OC(C)(C)C)C2CCCCCC2)nc1. The van der Waals surface area contributed by atoms with Crippen LogP contribution >= 0.6 is 0 Å². The molecule has 4 rings (SSSR count). The molecule has 0 aromatic carbocycles. The number of carbonyl (C=O) groups is 2. The van der Waals surface area contributed by atoms with E-state index < -0.39 is 17.7 Å². The van der Waals surface area contributed by atoms with Crippen molar-refractivity contribution in [2.24, 2.45) is 5.92 Å². The van der Waals surface area contributed by atoms with Gasteiger partial charge in [-0.25, -0.2) is 14.5 Å². The van der Waals surface area contributed by atoms with Gasteiger partial charge in [0.2, 0.25) is 5.91 Å². The highest BCUT2D eigenvalue weighted by atomic mass is 16.6. The summed E-state index contributed by atoms with van der Waals surface area (Å²) in [6.07, 6.45) is 9.63. The van der Waals surface area contributed by atoms with E-state index in [1.165, 1.54) is 0 Å². The second kappa shape index (κ2) is 10.1. The van der Waals surface area contributed by atoms with Gasteiger partial charge in [-0.3, -0.25) is 4.79 Å². The Morgan fingerprint density at radius 1 is 1.09 bits per heavy atom. The number of carbonyl (C=O) groups excluding carboxylic acids is 2. The third-order valence-corrected chi connectivity index (χ3v) is 6.37. The third kappa shape index (κ3) is 6.12. The van der Waals surface area contributed by atoms with Crippen LogP contribution in [0, 0.1) is 12.8 Å². The van der Waals surface area contributed by atoms with Crippen molar-refractivity contribution in [2.45, 2.75) is 96.7 Å². The number of aromatic nitrogens is 4. The van der Waals surface area contributed by atoms with Gasteiger partial charge in [0.1, 0.15) is 17.5 Å². The van der Waals surface area contributed by atoms with E-state index >= 15 is 0 Å². The molecule has 2 heterocycles. The van der Waals surface area contributed by atoms with Crippen LogP contribution in [-0.4, -0.2) is 43.6 Å². The van der Waals surface area contributed by atoms with E-state index in [1.54, 1.807) is 12.3 Å². The molecule has 1 atom stereocenters. The second-order valence-corrected chi connectivity index (χ2v) is 10.5. The quantitative estimate of drug-likeness (QED) is 0.590. The van der Waals surface area contributed by atoms with Crippen molar-refractivity contribution in [1.82, 2.24) is 25.3 Å². The lowest BCUT2D eigenvalue weighted by Crippen LogP contribution is -2.50. The molecule has 0 spiro atoms. The zero-order valence-electron chi connectivity index (χ0n) is 20.6. The molecule has 2 N–H and O–H groups in total. The molecule has 0 bridgehead atoms. The first-order valence-corrected chi connectivity index (χ1v) is 12.4. The predicted octanol–water partition coefficient (Wildman–Crippen LogP) is 4.79. The van der Waals surface area contributed by atoms with Gasteiger partial charge in [0.25, 0.3) is 0 Å². The molecule has 9 heteroatoms. The molecule has 2 amide bonds. The third-order valence-electron chi connectivity index (χ3n) is 6.37. The van der Waals surface area contributed by atoms with Crippen molar-refractivity contribution in [1.29, 1.82) is 0 Å². The highest BCUT2D eigenvalue weighted by molar-refractivity contribution is 5.96. The number of nitrogens with one attached hydrogen (secondary N) is 2. The van der Waals surface area contributed by atoms with Gasteiger partial charge in [0, 0.05) is 11.8 Å². The van der Waals surface area contributed by atoms with Crippen molar-refractivity contribution < 1.29 is 14.3 Å². The summed E-state index contributed by atoms with van der Waals surface area (Å²) in [6, 6.07) is 3.45. The van der Waals surface area contributed by atoms with E-state index in [0.29, 0.717) is 11.9 Å². The maximum atomic E-state index is 13.3. The molecule has 2 saturated carbocycles. The van der Waals surface area contributed by atoms with Crippen LogP contribution in [0.1, 0.15) is 83.9 Å². The number of anilines is 1. The smallest absolute Gasteiger partial charge is 0.408 e.